The molecule has 2 aromatic heterocycles. The lowest BCUT2D eigenvalue weighted by Crippen LogP contribution is -2.41. The third kappa shape index (κ3) is 4.43. The third-order valence-corrected chi connectivity index (χ3v) is 5.95. The normalized spacial score (nSPS) is 20.4. The zero-order valence-electron chi connectivity index (χ0n) is 16.9. The quantitative estimate of drug-likeness (QED) is 0.831. The first kappa shape index (κ1) is 20.1. The Labute approximate surface area is 165 Å². The van der Waals surface area contributed by atoms with Gasteiger partial charge in [0, 0.05) is 37.1 Å². The molecule has 3 rings (SSSR count). The topological polar surface area (TPSA) is 73.2 Å². The van der Waals surface area contributed by atoms with Crippen molar-refractivity contribution in [3.63, 3.8) is 0 Å². The van der Waals surface area contributed by atoms with Crippen LogP contribution in [-0.2, 0) is 7.05 Å². The highest BCUT2D eigenvalue weighted by molar-refractivity contribution is 5.94. The molecule has 0 aromatic carbocycles. The number of nitrogens with one attached hydrogen (secondary N) is 1. The summed E-state index contributed by atoms with van der Waals surface area (Å²) in [7, 11) is 3.40. The predicted octanol–water partition coefficient (Wildman–Crippen LogP) is 3.27. The summed E-state index contributed by atoms with van der Waals surface area (Å²) in [5, 5.41) is 3.19. The van der Waals surface area contributed by atoms with Crippen molar-refractivity contribution < 1.29 is 9.53 Å². The van der Waals surface area contributed by atoms with Crippen LogP contribution >= 0.6 is 0 Å². The summed E-state index contributed by atoms with van der Waals surface area (Å²) in [5.74, 6) is 1.28. The number of nitrogens with zero attached hydrogens (tertiary/aromatic N) is 2. The van der Waals surface area contributed by atoms with Crippen molar-refractivity contribution >= 4 is 5.91 Å². The number of carbonyl (C=O) groups excluding carboxylic acids is 1. The molecule has 1 N–H and O–H groups in total. The fraction of sp³-hybridized carbons (Fsp3) is 0.500. The first-order chi connectivity index (χ1) is 13.5. The number of rotatable bonds is 6. The van der Waals surface area contributed by atoms with Crippen LogP contribution in [0.4, 0.5) is 0 Å². The van der Waals surface area contributed by atoms with Crippen LogP contribution in [0.3, 0.4) is 0 Å². The van der Waals surface area contributed by atoms with Gasteiger partial charge in [0.1, 0.15) is 0 Å². The van der Waals surface area contributed by atoms with Crippen molar-refractivity contribution in [1.29, 1.82) is 0 Å². The fourth-order valence-electron chi connectivity index (χ4n) is 4.25. The molecular formula is C22H29N3O3. The molecule has 0 spiro atoms. The van der Waals surface area contributed by atoms with Crippen LogP contribution in [0.1, 0.15) is 61.0 Å². The molecular weight excluding hydrogens is 354 g/mol. The molecule has 2 aromatic rings. The molecule has 0 unspecified atom stereocenters. The van der Waals surface area contributed by atoms with E-state index in [9.17, 15) is 9.59 Å². The average molecular weight is 383 g/mol. The summed E-state index contributed by atoms with van der Waals surface area (Å²) in [6.07, 6.45) is 6.62. The van der Waals surface area contributed by atoms with E-state index in [1.807, 2.05) is 13.1 Å². The van der Waals surface area contributed by atoms with Crippen molar-refractivity contribution in [2.24, 2.45) is 13.0 Å². The van der Waals surface area contributed by atoms with Crippen LogP contribution in [0.15, 0.2) is 41.3 Å². The van der Waals surface area contributed by atoms with Crippen LogP contribution in [0, 0.1) is 5.92 Å². The van der Waals surface area contributed by atoms with Gasteiger partial charge in [-0.05, 0) is 56.1 Å². The number of hydrogen-bond acceptors (Lipinski definition) is 4. The van der Waals surface area contributed by atoms with E-state index < -0.39 is 0 Å². The summed E-state index contributed by atoms with van der Waals surface area (Å²) in [5.41, 5.74) is 1.71. The molecule has 28 heavy (non-hydrogen) atoms. The lowest BCUT2D eigenvalue weighted by molar-refractivity contribution is 0.0908. The zero-order chi connectivity index (χ0) is 20.1. The third-order valence-electron chi connectivity index (χ3n) is 5.95. The van der Waals surface area contributed by atoms with E-state index in [1.165, 1.54) is 0 Å². The Hall–Kier alpha value is -2.63. The molecule has 6 nitrogen and oxygen atoms in total. The molecule has 1 amide bonds. The highest BCUT2D eigenvalue weighted by Crippen LogP contribution is 2.37. The van der Waals surface area contributed by atoms with Crippen molar-refractivity contribution in [2.75, 3.05) is 7.11 Å². The number of hydrogen-bond donors (Lipinski definition) is 1. The van der Waals surface area contributed by atoms with Gasteiger partial charge in [-0.25, -0.2) is 4.98 Å². The Morgan fingerprint density at radius 1 is 1.25 bits per heavy atom. The summed E-state index contributed by atoms with van der Waals surface area (Å²) in [4.78, 5) is 28.6. The van der Waals surface area contributed by atoms with E-state index in [1.54, 1.807) is 36.1 Å². The van der Waals surface area contributed by atoms with Crippen LogP contribution in [-0.4, -0.2) is 28.6 Å². The van der Waals surface area contributed by atoms with E-state index in [0.717, 1.165) is 37.8 Å². The molecule has 1 aliphatic carbocycles. The summed E-state index contributed by atoms with van der Waals surface area (Å²) >= 11 is 0. The van der Waals surface area contributed by atoms with Crippen LogP contribution in [0.5, 0.6) is 5.88 Å². The minimum absolute atomic E-state index is 0.0476. The largest absolute Gasteiger partial charge is 0.481 e. The second kappa shape index (κ2) is 9.04. The van der Waals surface area contributed by atoms with Crippen molar-refractivity contribution in [2.45, 2.75) is 51.0 Å². The highest BCUT2D eigenvalue weighted by atomic mass is 16.5. The number of methoxy groups -OCH3 is 1. The van der Waals surface area contributed by atoms with Gasteiger partial charge in [-0.1, -0.05) is 13.0 Å². The molecule has 2 heterocycles. The lowest BCUT2D eigenvalue weighted by atomic mass is 9.76. The molecule has 0 radical (unpaired) electrons. The van der Waals surface area contributed by atoms with Gasteiger partial charge in [0.25, 0.3) is 5.91 Å². The molecule has 1 aliphatic rings. The molecule has 0 aliphatic heterocycles. The Bertz CT molecular complexity index is 852. The predicted molar refractivity (Wildman–Crippen MR) is 109 cm³/mol. The zero-order valence-corrected chi connectivity index (χ0v) is 16.9. The Morgan fingerprint density at radius 2 is 2.00 bits per heavy atom. The van der Waals surface area contributed by atoms with Gasteiger partial charge in [-0.15, -0.1) is 0 Å². The van der Waals surface area contributed by atoms with Crippen molar-refractivity contribution in [3.05, 3.63) is 58.1 Å². The maximum Gasteiger partial charge on any atom is 0.253 e. The second-order valence-electron chi connectivity index (χ2n) is 7.54. The van der Waals surface area contributed by atoms with Crippen molar-refractivity contribution in [3.8, 4) is 5.88 Å². The SMILES string of the molecule is CC[C@@H](NC(=O)c1ccc(OC)nc1)[C@H]1CC[C@@H](c2cccc(=O)n2C)CC1. The standard InChI is InChI=1S/C22H29N3O3/c1-4-18(24-22(27)17-12-13-20(28-3)23-14-17)15-8-10-16(11-9-15)19-6-5-7-21(26)25(19)2/h5-7,12-16,18H,4,8-11H2,1-3H3,(H,24,27)/t15-,16+,18-/m1/s1. The first-order valence-corrected chi connectivity index (χ1v) is 10.00. The molecule has 150 valence electrons. The number of ether oxygens (including phenoxy) is 1. The van der Waals surface area contributed by atoms with Crippen LogP contribution < -0.4 is 15.6 Å². The summed E-state index contributed by atoms with van der Waals surface area (Å²) in [6, 6.07) is 9.09. The monoisotopic (exact) mass is 383 g/mol. The van der Waals surface area contributed by atoms with E-state index in [-0.39, 0.29) is 17.5 Å². The Kier molecular flexibility index (Phi) is 6.49. The van der Waals surface area contributed by atoms with Gasteiger partial charge >= 0.3 is 0 Å². The van der Waals surface area contributed by atoms with Gasteiger partial charge in [-0.3, -0.25) is 9.59 Å². The minimum atomic E-state index is -0.0883. The van der Waals surface area contributed by atoms with Gasteiger partial charge in [0.05, 0.1) is 12.7 Å². The van der Waals surface area contributed by atoms with E-state index >= 15 is 0 Å². The van der Waals surface area contributed by atoms with Crippen LogP contribution in [0.25, 0.3) is 0 Å². The molecule has 0 saturated heterocycles. The van der Waals surface area contributed by atoms with Gasteiger partial charge in [0.15, 0.2) is 0 Å². The van der Waals surface area contributed by atoms with E-state index in [2.05, 4.69) is 23.3 Å². The molecule has 1 atom stereocenters. The molecule has 1 fully saturated rings. The smallest absolute Gasteiger partial charge is 0.253 e. The van der Waals surface area contributed by atoms with E-state index in [4.69, 9.17) is 4.74 Å². The lowest BCUT2D eigenvalue weighted by Gasteiger charge is -2.34. The maximum absolute atomic E-state index is 12.6. The molecule has 6 heteroatoms. The first-order valence-electron chi connectivity index (χ1n) is 10.00. The number of amides is 1. The fourth-order valence-corrected chi connectivity index (χ4v) is 4.25. The van der Waals surface area contributed by atoms with Gasteiger partial charge in [-0.2, -0.15) is 0 Å². The average Bonchev–Trinajstić information content (AvgIpc) is 2.74. The number of carbonyl (C=O) groups is 1. The Balaban J connectivity index is 1.60. The van der Waals surface area contributed by atoms with E-state index in [0.29, 0.717) is 23.3 Å². The second-order valence-corrected chi connectivity index (χ2v) is 7.54. The minimum Gasteiger partial charge on any atom is -0.481 e. The number of aromatic nitrogens is 2. The number of pyridine rings is 2. The summed E-state index contributed by atoms with van der Waals surface area (Å²) < 4.78 is 6.81. The summed E-state index contributed by atoms with van der Waals surface area (Å²) in [6.45, 7) is 2.12. The highest BCUT2D eigenvalue weighted by Gasteiger charge is 2.29. The molecule has 0 bridgehead atoms. The molecule has 1 saturated carbocycles. The van der Waals surface area contributed by atoms with Crippen LogP contribution in [0.2, 0.25) is 0 Å². The van der Waals surface area contributed by atoms with Crippen molar-refractivity contribution in [1.82, 2.24) is 14.9 Å². The maximum atomic E-state index is 12.6. The van der Waals surface area contributed by atoms with Gasteiger partial charge < -0.3 is 14.6 Å². The van der Waals surface area contributed by atoms with Gasteiger partial charge in [0.2, 0.25) is 11.4 Å². The Morgan fingerprint density at radius 3 is 2.61 bits per heavy atom.